The molecule has 4 fully saturated rings. The summed E-state index contributed by atoms with van der Waals surface area (Å²) in [6.07, 6.45) is 26.7. The maximum absolute atomic E-state index is 13.0. The molecule has 3 nitrogen and oxygen atoms in total. The van der Waals surface area contributed by atoms with E-state index < -0.39 is 0 Å². The molecule has 0 saturated heterocycles. The van der Waals surface area contributed by atoms with Crippen molar-refractivity contribution in [3.05, 3.63) is 0 Å². The number of carbonyl (C=O) groups excluding carboxylic acids is 1. The zero-order valence-corrected chi connectivity index (χ0v) is 21.7. The average molecular weight is 463 g/mol. The standard InChI is InChI=1S/C28H50N2OS/c1-2-3-4-5-6-7-8-9-10-11-12-13-14-15-16-29-27(32)30-26(31)28-20-23-17-24(21-28)19-25(18-23)22-28/h23-25H,2-22H2,1H3,(H2,29,30,31,32). The van der Waals surface area contributed by atoms with Crippen LogP contribution in [-0.4, -0.2) is 17.6 Å². The lowest BCUT2D eigenvalue weighted by atomic mass is 9.49. The van der Waals surface area contributed by atoms with Gasteiger partial charge in [0.05, 0.1) is 5.41 Å². The number of nitrogens with one attached hydrogen (secondary N) is 2. The first-order chi connectivity index (χ1) is 15.6. The van der Waals surface area contributed by atoms with Gasteiger partial charge in [-0.15, -0.1) is 0 Å². The van der Waals surface area contributed by atoms with Crippen molar-refractivity contribution in [1.29, 1.82) is 0 Å². The van der Waals surface area contributed by atoms with Gasteiger partial charge in [0.2, 0.25) is 5.91 Å². The number of hydrogen-bond donors (Lipinski definition) is 2. The van der Waals surface area contributed by atoms with Crippen LogP contribution >= 0.6 is 12.2 Å². The second-order valence-electron chi connectivity index (χ2n) is 11.5. The fourth-order valence-electron chi connectivity index (χ4n) is 7.19. The van der Waals surface area contributed by atoms with Crippen LogP contribution in [0.5, 0.6) is 0 Å². The van der Waals surface area contributed by atoms with Gasteiger partial charge >= 0.3 is 0 Å². The molecule has 4 saturated carbocycles. The van der Waals surface area contributed by atoms with Crippen LogP contribution in [-0.2, 0) is 4.79 Å². The van der Waals surface area contributed by atoms with Gasteiger partial charge in [-0.25, -0.2) is 0 Å². The van der Waals surface area contributed by atoms with E-state index in [1.54, 1.807) is 0 Å². The highest BCUT2D eigenvalue weighted by Gasteiger charge is 2.54. The summed E-state index contributed by atoms with van der Waals surface area (Å²) in [5.41, 5.74) is -0.102. The monoisotopic (exact) mass is 462 g/mol. The zero-order valence-electron chi connectivity index (χ0n) is 20.9. The van der Waals surface area contributed by atoms with E-state index in [0.717, 1.165) is 50.0 Å². The third-order valence-electron chi connectivity index (χ3n) is 8.56. The molecule has 4 aliphatic carbocycles. The van der Waals surface area contributed by atoms with Crippen LogP contribution in [0, 0.1) is 23.2 Å². The number of carbonyl (C=O) groups is 1. The Morgan fingerprint density at radius 2 is 1.12 bits per heavy atom. The van der Waals surface area contributed by atoms with Gasteiger partial charge in [-0.1, -0.05) is 90.4 Å². The molecule has 0 aromatic rings. The van der Waals surface area contributed by atoms with Crippen LogP contribution in [0.15, 0.2) is 0 Å². The molecular weight excluding hydrogens is 412 g/mol. The second kappa shape index (κ2) is 13.9. The van der Waals surface area contributed by atoms with Crippen molar-refractivity contribution in [2.75, 3.05) is 6.54 Å². The van der Waals surface area contributed by atoms with Gasteiger partial charge in [0.1, 0.15) is 0 Å². The van der Waals surface area contributed by atoms with Crippen molar-refractivity contribution in [3.63, 3.8) is 0 Å². The van der Waals surface area contributed by atoms with Crippen LogP contribution in [0.2, 0.25) is 0 Å². The zero-order chi connectivity index (χ0) is 22.7. The molecule has 0 spiro atoms. The highest BCUT2D eigenvalue weighted by atomic mass is 32.1. The minimum Gasteiger partial charge on any atom is -0.362 e. The summed E-state index contributed by atoms with van der Waals surface area (Å²) in [6.45, 7) is 3.17. The summed E-state index contributed by atoms with van der Waals surface area (Å²) >= 11 is 5.44. The van der Waals surface area contributed by atoms with Crippen molar-refractivity contribution in [1.82, 2.24) is 10.6 Å². The third kappa shape index (κ3) is 8.29. The molecule has 0 aromatic heterocycles. The first kappa shape index (κ1) is 26.0. The van der Waals surface area contributed by atoms with Gasteiger partial charge in [-0.3, -0.25) is 4.79 Å². The van der Waals surface area contributed by atoms with Crippen LogP contribution < -0.4 is 10.6 Å². The molecule has 4 aliphatic rings. The largest absolute Gasteiger partial charge is 0.362 e. The first-order valence-electron chi connectivity index (χ1n) is 14.2. The van der Waals surface area contributed by atoms with Gasteiger partial charge in [0, 0.05) is 6.54 Å². The highest BCUT2D eigenvalue weighted by molar-refractivity contribution is 7.80. The number of rotatable bonds is 16. The van der Waals surface area contributed by atoms with E-state index in [9.17, 15) is 4.79 Å². The summed E-state index contributed by atoms with van der Waals surface area (Å²) in [5.74, 6) is 2.60. The van der Waals surface area contributed by atoms with Crippen molar-refractivity contribution >= 4 is 23.2 Å². The van der Waals surface area contributed by atoms with Gasteiger partial charge < -0.3 is 10.6 Å². The molecule has 4 bridgehead atoms. The Labute approximate surface area is 203 Å². The van der Waals surface area contributed by atoms with E-state index in [2.05, 4.69) is 17.6 Å². The Morgan fingerprint density at radius 3 is 1.56 bits per heavy atom. The van der Waals surface area contributed by atoms with Gasteiger partial charge in [0.15, 0.2) is 5.11 Å². The predicted molar refractivity (Wildman–Crippen MR) is 140 cm³/mol. The summed E-state index contributed by atoms with van der Waals surface area (Å²) in [5, 5.41) is 6.91. The first-order valence-corrected chi connectivity index (χ1v) is 14.6. The van der Waals surface area contributed by atoms with Gasteiger partial charge in [-0.2, -0.15) is 0 Å². The number of amides is 1. The molecule has 0 unspecified atom stereocenters. The minimum atomic E-state index is -0.102. The number of thiocarbonyl (C=S) groups is 1. The van der Waals surface area contributed by atoms with Gasteiger partial charge in [0.25, 0.3) is 0 Å². The van der Waals surface area contributed by atoms with E-state index in [4.69, 9.17) is 12.2 Å². The normalized spacial score (nSPS) is 28.1. The van der Waals surface area contributed by atoms with E-state index in [1.165, 1.54) is 103 Å². The number of hydrogen-bond acceptors (Lipinski definition) is 2. The lowest BCUT2D eigenvalue weighted by Crippen LogP contribution is -2.55. The third-order valence-corrected chi connectivity index (χ3v) is 8.81. The maximum Gasteiger partial charge on any atom is 0.232 e. The molecule has 4 heteroatoms. The Morgan fingerprint density at radius 1 is 0.719 bits per heavy atom. The van der Waals surface area contributed by atoms with Crippen LogP contribution in [0.1, 0.15) is 135 Å². The predicted octanol–water partition coefficient (Wildman–Crippen LogP) is 7.67. The Kier molecular flexibility index (Phi) is 11.3. The Hall–Kier alpha value is -0.640. The molecule has 0 aromatic carbocycles. The van der Waals surface area contributed by atoms with Crippen LogP contribution in [0.4, 0.5) is 0 Å². The van der Waals surface area contributed by atoms with E-state index >= 15 is 0 Å². The quantitative estimate of drug-likeness (QED) is 0.183. The van der Waals surface area contributed by atoms with Crippen molar-refractivity contribution in [2.45, 2.75) is 135 Å². The topological polar surface area (TPSA) is 41.1 Å². The lowest BCUT2D eigenvalue weighted by molar-refractivity contribution is -0.144. The fraction of sp³-hybridized carbons (Fsp3) is 0.929. The lowest BCUT2D eigenvalue weighted by Gasteiger charge is -2.55. The van der Waals surface area contributed by atoms with E-state index in [-0.39, 0.29) is 11.3 Å². The molecule has 32 heavy (non-hydrogen) atoms. The van der Waals surface area contributed by atoms with Crippen molar-refractivity contribution < 1.29 is 4.79 Å². The highest BCUT2D eigenvalue weighted by Crippen LogP contribution is 2.60. The molecule has 4 rings (SSSR count). The molecule has 0 atom stereocenters. The summed E-state index contributed by atoms with van der Waals surface area (Å²) < 4.78 is 0. The fourth-order valence-corrected chi connectivity index (χ4v) is 7.38. The van der Waals surface area contributed by atoms with Crippen LogP contribution in [0.3, 0.4) is 0 Å². The van der Waals surface area contributed by atoms with E-state index in [1.807, 2.05) is 0 Å². The molecule has 184 valence electrons. The SMILES string of the molecule is CCCCCCCCCCCCCCCCNC(=S)NC(=O)C12CC3CC(CC(C3)C1)C2. The summed E-state index contributed by atoms with van der Waals surface area (Å²) in [4.78, 5) is 13.0. The smallest absolute Gasteiger partial charge is 0.232 e. The van der Waals surface area contributed by atoms with Crippen molar-refractivity contribution in [2.24, 2.45) is 23.2 Å². The summed E-state index contributed by atoms with van der Waals surface area (Å²) in [7, 11) is 0. The maximum atomic E-state index is 13.0. The minimum absolute atomic E-state index is 0.102. The Bertz CT molecular complexity index is 540. The number of unbranched alkanes of at least 4 members (excludes halogenated alkanes) is 13. The molecule has 0 heterocycles. The second-order valence-corrected chi connectivity index (χ2v) is 11.9. The molecule has 0 aliphatic heterocycles. The van der Waals surface area contributed by atoms with Crippen molar-refractivity contribution in [3.8, 4) is 0 Å². The molecular formula is C28H50N2OS. The van der Waals surface area contributed by atoms with Gasteiger partial charge in [-0.05, 0) is 74.9 Å². The molecule has 0 radical (unpaired) electrons. The molecule has 1 amide bonds. The Balaban J connectivity index is 1.12. The average Bonchev–Trinajstić information content (AvgIpc) is 2.75. The summed E-state index contributed by atoms with van der Waals surface area (Å²) in [6, 6.07) is 0. The van der Waals surface area contributed by atoms with E-state index in [0.29, 0.717) is 5.11 Å². The molecule has 2 N–H and O–H groups in total. The van der Waals surface area contributed by atoms with Crippen LogP contribution in [0.25, 0.3) is 0 Å².